The van der Waals surface area contributed by atoms with Crippen LogP contribution in [0.5, 0.6) is 5.75 Å². The molecule has 0 bridgehead atoms. The SMILES string of the molecule is CN1CCC(Oc2ccc(CC(=O)O)cc2)CC1. The van der Waals surface area contributed by atoms with Gasteiger partial charge in [-0.05, 0) is 37.6 Å². The first kappa shape index (κ1) is 12.9. The Bertz CT molecular complexity index is 394. The number of rotatable bonds is 4. The molecule has 98 valence electrons. The number of nitrogens with zero attached hydrogens (tertiary/aromatic N) is 1. The van der Waals surface area contributed by atoms with Gasteiger partial charge >= 0.3 is 5.97 Å². The summed E-state index contributed by atoms with van der Waals surface area (Å²) in [7, 11) is 2.12. The average molecular weight is 249 g/mol. The molecule has 18 heavy (non-hydrogen) atoms. The van der Waals surface area contributed by atoms with E-state index < -0.39 is 5.97 Å². The molecule has 4 nitrogen and oxygen atoms in total. The van der Waals surface area contributed by atoms with Crippen LogP contribution in [-0.4, -0.2) is 42.2 Å². The lowest BCUT2D eigenvalue weighted by Gasteiger charge is -2.29. The van der Waals surface area contributed by atoms with E-state index in [1.54, 1.807) is 0 Å². The van der Waals surface area contributed by atoms with Crippen molar-refractivity contribution in [3.63, 3.8) is 0 Å². The zero-order valence-corrected chi connectivity index (χ0v) is 10.6. The lowest BCUT2D eigenvalue weighted by atomic mass is 10.1. The van der Waals surface area contributed by atoms with Crippen LogP contribution in [0.4, 0.5) is 0 Å². The van der Waals surface area contributed by atoms with Gasteiger partial charge in [0.05, 0.1) is 6.42 Å². The highest BCUT2D eigenvalue weighted by molar-refractivity contribution is 5.70. The Morgan fingerprint density at radius 1 is 1.33 bits per heavy atom. The number of carboxylic acids is 1. The Hall–Kier alpha value is -1.55. The molecule has 1 heterocycles. The summed E-state index contributed by atoms with van der Waals surface area (Å²) in [5.41, 5.74) is 0.804. The summed E-state index contributed by atoms with van der Waals surface area (Å²) in [5.74, 6) is 0.0256. The van der Waals surface area contributed by atoms with Crippen LogP contribution in [0.25, 0.3) is 0 Å². The number of likely N-dealkylation sites (tertiary alicyclic amines) is 1. The molecule has 0 amide bonds. The topological polar surface area (TPSA) is 49.8 Å². The molecule has 1 aromatic carbocycles. The molecule has 0 atom stereocenters. The van der Waals surface area contributed by atoms with E-state index in [9.17, 15) is 4.79 Å². The summed E-state index contributed by atoms with van der Waals surface area (Å²) >= 11 is 0. The maximum Gasteiger partial charge on any atom is 0.307 e. The maximum atomic E-state index is 10.6. The number of hydrogen-bond acceptors (Lipinski definition) is 3. The van der Waals surface area contributed by atoms with E-state index in [1.165, 1.54) is 0 Å². The molecule has 0 unspecified atom stereocenters. The lowest BCUT2D eigenvalue weighted by Crippen LogP contribution is -2.35. The summed E-state index contributed by atoms with van der Waals surface area (Å²) in [5, 5.41) is 8.69. The van der Waals surface area contributed by atoms with Gasteiger partial charge in [0, 0.05) is 13.1 Å². The van der Waals surface area contributed by atoms with Crippen molar-refractivity contribution in [2.75, 3.05) is 20.1 Å². The molecule has 0 radical (unpaired) electrons. The third kappa shape index (κ3) is 3.74. The Morgan fingerprint density at radius 3 is 2.50 bits per heavy atom. The molecular formula is C14H19NO3. The Kier molecular flexibility index (Phi) is 4.20. The van der Waals surface area contributed by atoms with Gasteiger partial charge in [0.25, 0.3) is 0 Å². The molecule has 1 aliphatic rings. The molecule has 2 rings (SSSR count). The summed E-state index contributed by atoms with van der Waals surface area (Å²) in [6.07, 6.45) is 2.45. The predicted octanol–water partition coefficient (Wildman–Crippen LogP) is 1.79. The van der Waals surface area contributed by atoms with Gasteiger partial charge in [0.1, 0.15) is 11.9 Å². The Labute approximate surface area is 107 Å². The normalized spacial score (nSPS) is 17.6. The van der Waals surface area contributed by atoms with Crippen molar-refractivity contribution in [3.8, 4) is 5.75 Å². The van der Waals surface area contributed by atoms with Crippen molar-refractivity contribution in [2.45, 2.75) is 25.4 Å². The fraction of sp³-hybridized carbons (Fsp3) is 0.500. The molecule has 0 spiro atoms. The van der Waals surface area contributed by atoms with Crippen LogP contribution in [0.3, 0.4) is 0 Å². The molecule has 1 aromatic rings. The standard InChI is InChI=1S/C14H19NO3/c1-15-8-6-13(7-9-15)18-12-4-2-11(3-5-12)10-14(16)17/h2-5,13H,6-10H2,1H3,(H,16,17). The van der Waals surface area contributed by atoms with Crippen LogP contribution in [0, 0.1) is 0 Å². The van der Waals surface area contributed by atoms with Gasteiger partial charge in [-0.2, -0.15) is 0 Å². The second kappa shape index (κ2) is 5.87. The van der Waals surface area contributed by atoms with E-state index in [0.29, 0.717) is 0 Å². The third-order valence-electron chi connectivity index (χ3n) is 3.25. The van der Waals surface area contributed by atoms with Gasteiger partial charge in [-0.3, -0.25) is 4.79 Å². The molecule has 0 saturated carbocycles. The molecule has 1 saturated heterocycles. The van der Waals surface area contributed by atoms with E-state index in [0.717, 1.165) is 37.2 Å². The minimum atomic E-state index is -0.806. The number of piperidine rings is 1. The fourth-order valence-corrected chi connectivity index (χ4v) is 2.16. The number of ether oxygens (including phenoxy) is 1. The van der Waals surface area contributed by atoms with Crippen LogP contribution in [-0.2, 0) is 11.2 Å². The van der Waals surface area contributed by atoms with Crippen LogP contribution in [0.1, 0.15) is 18.4 Å². The monoisotopic (exact) mass is 249 g/mol. The van der Waals surface area contributed by atoms with Gasteiger partial charge in [-0.25, -0.2) is 0 Å². The average Bonchev–Trinajstić information content (AvgIpc) is 2.34. The number of hydrogen-bond donors (Lipinski definition) is 1. The second-order valence-electron chi connectivity index (χ2n) is 4.83. The predicted molar refractivity (Wildman–Crippen MR) is 68.9 cm³/mol. The molecule has 0 aliphatic carbocycles. The minimum absolute atomic E-state index is 0.0640. The smallest absolute Gasteiger partial charge is 0.307 e. The molecule has 1 fully saturated rings. The highest BCUT2D eigenvalue weighted by atomic mass is 16.5. The summed E-state index contributed by atoms with van der Waals surface area (Å²) in [6, 6.07) is 7.35. The molecule has 4 heteroatoms. The van der Waals surface area contributed by atoms with Gasteiger partial charge in [-0.15, -0.1) is 0 Å². The van der Waals surface area contributed by atoms with Crippen molar-refractivity contribution in [2.24, 2.45) is 0 Å². The van der Waals surface area contributed by atoms with E-state index in [1.807, 2.05) is 24.3 Å². The number of carbonyl (C=O) groups is 1. The third-order valence-corrected chi connectivity index (χ3v) is 3.25. The van der Waals surface area contributed by atoms with Gasteiger partial charge in [0.2, 0.25) is 0 Å². The van der Waals surface area contributed by atoms with Crippen LogP contribution in [0.2, 0.25) is 0 Å². The summed E-state index contributed by atoms with van der Waals surface area (Å²) in [4.78, 5) is 12.9. The van der Waals surface area contributed by atoms with Crippen molar-refractivity contribution in [1.82, 2.24) is 4.90 Å². The second-order valence-corrected chi connectivity index (χ2v) is 4.83. The van der Waals surface area contributed by atoms with Gasteiger partial charge in [-0.1, -0.05) is 12.1 Å². The van der Waals surface area contributed by atoms with Gasteiger partial charge < -0.3 is 14.7 Å². The van der Waals surface area contributed by atoms with Crippen molar-refractivity contribution < 1.29 is 14.6 Å². The minimum Gasteiger partial charge on any atom is -0.490 e. The molecule has 1 aliphatic heterocycles. The largest absolute Gasteiger partial charge is 0.490 e. The van der Waals surface area contributed by atoms with Crippen molar-refractivity contribution in [3.05, 3.63) is 29.8 Å². The Balaban J connectivity index is 1.88. The van der Waals surface area contributed by atoms with Gasteiger partial charge in [0.15, 0.2) is 0 Å². The van der Waals surface area contributed by atoms with E-state index in [-0.39, 0.29) is 12.5 Å². The van der Waals surface area contributed by atoms with Crippen molar-refractivity contribution in [1.29, 1.82) is 0 Å². The molecular weight excluding hydrogens is 230 g/mol. The number of benzene rings is 1. The van der Waals surface area contributed by atoms with E-state index >= 15 is 0 Å². The lowest BCUT2D eigenvalue weighted by molar-refractivity contribution is -0.136. The molecule has 0 aromatic heterocycles. The quantitative estimate of drug-likeness (QED) is 0.883. The fourth-order valence-electron chi connectivity index (χ4n) is 2.16. The van der Waals surface area contributed by atoms with E-state index in [4.69, 9.17) is 9.84 Å². The Morgan fingerprint density at radius 2 is 1.94 bits per heavy atom. The zero-order valence-electron chi connectivity index (χ0n) is 10.6. The van der Waals surface area contributed by atoms with Crippen LogP contribution < -0.4 is 4.74 Å². The van der Waals surface area contributed by atoms with E-state index in [2.05, 4.69) is 11.9 Å². The summed E-state index contributed by atoms with van der Waals surface area (Å²) in [6.45, 7) is 2.14. The first-order valence-electron chi connectivity index (χ1n) is 6.29. The number of carboxylic acid groups (broad SMARTS) is 1. The molecule has 1 N–H and O–H groups in total. The first-order valence-corrected chi connectivity index (χ1v) is 6.29. The first-order chi connectivity index (χ1) is 8.63. The maximum absolute atomic E-state index is 10.6. The highest BCUT2D eigenvalue weighted by Crippen LogP contribution is 2.19. The summed E-state index contributed by atoms with van der Waals surface area (Å²) < 4.78 is 5.89. The number of aliphatic carboxylic acids is 1. The van der Waals surface area contributed by atoms with Crippen molar-refractivity contribution >= 4 is 5.97 Å². The highest BCUT2D eigenvalue weighted by Gasteiger charge is 2.17. The van der Waals surface area contributed by atoms with Crippen LogP contribution >= 0.6 is 0 Å². The van der Waals surface area contributed by atoms with Crippen LogP contribution in [0.15, 0.2) is 24.3 Å². The zero-order chi connectivity index (χ0) is 13.0.